The van der Waals surface area contributed by atoms with Gasteiger partial charge in [-0.25, -0.2) is 0 Å². The molecular weight excluding hydrogens is 336 g/mol. The van der Waals surface area contributed by atoms with Gasteiger partial charge in [0, 0.05) is 25.0 Å². The van der Waals surface area contributed by atoms with Crippen molar-refractivity contribution >= 4 is 17.5 Å². The Kier molecular flexibility index (Phi) is 6.55. The van der Waals surface area contributed by atoms with E-state index in [4.69, 9.17) is 11.6 Å². The highest BCUT2D eigenvalue weighted by Gasteiger charge is 2.11. The zero-order valence-electron chi connectivity index (χ0n) is 13.2. The van der Waals surface area contributed by atoms with Crippen LogP contribution in [-0.2, 0) is 17.8 Å². The molecule has 0 heterocycles. The normalized spacial score (nSPS) is 10.7. The maximum absolute atomic E-state index is 12.2. The first-order valence-electron chi connectivity index (χ1n) is 7.47. The van der Waals surface area contributed by atoms with Gasteiger partial charge in [-0.1, -0.05) is 41.9 Å². The Hall–Kier alpha value is -2.14. The molecule has 1 amide bonds. The Morgan fingerprint density at radius 2 is 1.83 bits per heavy atom. The summed E-state index contributed by atoms with van der Waals surface area (Å²) < 4.78 is 28.5. The molecule has 0 aliphatic rings. The summed E-state index contributed by atoms with van der Waals surface area (Å²) in [5, 5.41) is 0.631. The molecule has 0 radical (unpaired) electrons. The summed E-state index contributed by atoms with van der Waals surface area (Å²) in [6.07, 6.45) is 0.858. The van der Waals surface area contributed by atoms with Crippen molar-refractivity contribution in [3.8, 4) is 5.75 Å². The first-order valence-corrected chi connectivity index (χ1v) is 7.84. The monoisotopic (exact) mass is 353 g/mol. The van der Waals surface area contributed by atoms with Gasteiger partial charge < -0.3 is 9.64 Å². The number of amides is 1. The molecule has 24 heavy (non-hydrogen) atoms. The van der Waals surface area contributed by atoms with Crippen LogP contribution in [0.3, 0.4) is 0 Å². The van der Waals surface area contributed by atoms with E-state index in [-0.39, 0.29) is 11.7 Å². The van der Waals surface area contributed by atoms with E-state index in [1.165, 1.54) is 12.1 Å². The molecule has 0 atom stereocenters. The quantitative estimate of drug-likeness (QED) is 0.731. The van der Waals surface area contributed by atoms with Crippen molar-refractivity contribution in [2.24, 2.45) is 0 Å². The smallest absolute Gasteiger partial charge is 0.387 e. The molecule has 2 aromatic carbocycles. The summed E-state index contributed by atoms with van der Waals surface area (Å²) in [5.41, 5.74) is 1.78. The van der Waals surface area contributed by atoms with E-state index < -0.39 is 6.61 Å². The second-order valence-electron chi connectivity index (χ2n) is 5.36. The number of ether oxygens (including phenoxy) is 1. The van der Waals surface area contributed by atoms with E-state index in [0.717, 1.165) is 11.1 Å². The van der Waals surface area contributed by atoms with Crippen LogP contribution in [-0.4, -0.2) is 24.5 Å². The lowest BCUT2D eigenvalue weighted by Gasteiger charge is -2.18. The van der Waals surface area contributed by atoms with E-state index in [9.17, 15) is 13.6 Å². The van der Waals surface area contributed by atoms with Gasteiger partial charge in [-0.05, 0) is 35.7 Å². The molecule has 2 aromatic rings. The molecule has 0 fully saturated rings. The summed E-state index contributed by atoms with van der Waals surface area (Å²) in [5.74, 6) is 0.0961. The van der Waals surface area contributed by atoms with Crippen LogP contribution in [0.1, 0.15) is 17.5 Å². The maximum Gasteiger partial charge on any atom is 0.387 e. The number of hydrogen-bond acceptors (Lipinski definition) is 2. The van der Waals surface area contributed by atoms with Crippen molar-refractivity contribution in [3.05, 3.63) is 64.7 Å². The Balaban J connectivity index is 1.85. The molecule has 6 heteroatoms. The Morgan fingerprint density at radius 1 is 1.17 bits per heavy atom. The molecule has 0 aliphatic carbocycles. The minimum absolute atomic E-state index is 0.0113. The third kappa shape index (κ3) is 5.49. The van der Waals surface area contributed by atoms with E-state index in [1.54, 1.807) is 30.1 Å². The van der Waals surface area contributed by atoms with Gasteiger partial charge in [0.1, 0.15) is 5.75 Å². The highest BCUT2D eigenvalue weighted by Crippen LogP contribution is 2.18. The number of carbonyl (C=O) groups excluding carboxylic acids is 1. The van der Waals surface area contributed by atoms with Gasteiger partial charge in [-0.3, -0.25) is 4.79 Å². The third-order valence-corrected chi connectivity index (χ3v) is 3.94. The van der Waals surface area contributed by atoms with Crippen LogP contribution in [0.4, 0.5) is 8.78 Å². The van der Waals surface area contributed by atoms with Crippen molar-refractivity contribution < 1.29 is 18.3 Å². The van der Waals surface area contributed by atoms with E-state index in [0.29, 0.717) is 24.4 Å². The fourth-order valence-corrected chi connectivity index (χ4v) is 2.45. The van der Waals surface area contributed by atoms with Crippen molar-refractivity contribution in [3.63, 3.8) is 0 Å². The third-order valence-electron chi connectivity index (χ3n) is 3.57. The van der Waals surface area contributed by atoms with Crippen LogP contribution in [0.15, 0.2) is 48.5 Å². The lowest BCUT2D eigenvalue weighted by Crippen LogP contribution is -2.26. The SMILES string of the molecule is CN(Cc1ccccc1Cl)C(=O)CCc1ccc(OC(F)F)cc1. The van der Waals surface area contributed by atoms with Crippen molar-refractivity contribution in [1.29, 1.82) is 0 Å². The number of alkyl halides is 2. The number of carbonyl (C=O) groups is 1. The number of nitrogens with zero attached hydrogens (tertiary/aromatic N) is 1. The van der Waals surface area contributed by atoms with Crippen molar-refractivity contribution in [2.45, 2.75) is 26.0 Å². The standard InChI is InChI=1S/C18H18ClF2NO2/c1-22(12-14-4-2-3-5-16(14)19)17(23)11-8-13-6-9-15(10-7-13)24-18(20)21/h2-7,9-10,18H,8,11-12H2,1H3. The minimum atomic E-state index is -2.84. The van der Waals surface area contributed by atoms with E-state index in [2.05, 4.69) is 4.74 Å². The highest BCUT2D eigenvalue weighted by atomic mass is 35.5. The van der Waals surface area contributed by atoms with Gasteiger partial charge in [0.05, 0.1) is 0 Å². The second-order valence-corrected chi connectivity index (χ2v) is 5.77. The largest absolute Gasteiger partial charge is 0.435 e. The molecule has 0 N–H and O–H groups in total. The highest BCUT2D eigenvalue weighted by molar-refractivity contribution is 6.31. The Labute approximate surface area is 144 Å². The lowest BCUT2D eigenvalue weighted by molar-refractivity contribution is -0.130. The second kappa shape index (κ2) is 8.64. The summed E-state index contributed by atoms with van der Waals surface area (Å²) in [6, 6.07) is 13.7. The van der Waals surface area contributed by atoms with Gasteiger partial charge >= 0.3 is 6.61 Å². The lowest BCUT2D eigenvalue weighted by atomic mass is 10.1. The molecule has 0 unspecified atom stereocenters. The Morgan fingerprint density at radius 3 is 2.46 bits per heavy atom. The summed E-state index contributed by atoms with van der Waals surface area (Å²) in [4.78, 5) is 13.8. The van der Waals surface area contributed by atoms with Gasteiger partial charge in [0.2, 0.25) is 5.91 Å². The molecule has 0 spiro atoms. The average molecular weight is 354 g/mol. The van der Waals surface area contributed by atoms with E-state index in [1.807, 2.05) is 18.2 Å². The first-order chi connectivity index (χ1) is 11.5. The fraction of sp³-hybridized carbons (Fsp3) is 0.278. The number of hydrogen-bond donors (Lipinski definition) is 0. The fourth-order valence-electron chi connectivity index (χ4n) is 2.25. The minimum Gasteiger partial charge on any atom is -0.435 e. The van der Waals surface area contributed by atoms with Gasteiger partial charge in [-0.2, -0.15) is 8.78 Å². The van der Waals surface area contributed by atoms with E-state index >= 15 is 0 Å². The first kappa shape index (κ1) is 18.2. The molecule has 0 aliphatic heterocycles. The molecule has 0 aromatic heterocycles. The van der Waals surface area contributed by atoms with Gasteiger partial charge in [0.15, 0.2) is 0 Å². The van der Waals surface area contributed by atoms with Crippen LogP contribution < -0.4 is 4.74 Å². The number of halogens is 3. The molecule has 2 rings (SSSR count). The van der Waals surface area contributed by atoms with Crippen LogP contribution in [0, 0.1) is 0 Å². The van der Waals surface area contributed by atoms with Crippen LogP contribution in [0.5, 0.6) is 5.75 Å². The van der Waals surface area contributed by atoms with Crippen LogP contribution >= 0.6 is 11.6 Å². The molecule has 0 saturated heterocycles. The molecule has 0 saturated carbocycles. The van der Waals surface area contributed by atoms with Crippen LogP contribution in [0.2, 0.25) is 5.02 Å². The average Bonchev–Trinajstić information content (AvgIpc) is 2.55. The topological polar surface area (TPSA) is 29.5 Å². The zero-order chi connectivity index (χ0) is 17.5. The number of benzene rings is 2. The number of rotatable bonds is 7. The Bertz CT molecular complexity index is 677. The summed E-state index contributed by atoms with van der Waals surface area (Å²) in [6.45, 7) is -2.39. The van der Waals surface area contributed by atoms with Gasteiger partial charge in [-0.15, -0.1) is 0 Å². The molecule has 3 nitrogen and oxygen atoms in total. The molecular formula is C18H18ClF2NO2. The zero-order valence-corrected chi connectivity index (χ0v) is 14.0. The predicted molar refractivity (Wildman–Crippen MR) is 89.3 cm³/mol. The summed E-state index contributed by atoms with van der Waals surface area (Å²) in [7, 11) is 1.73. The maximum atomic E-state index is 12.2. The van der Waals surface area contributed by atoms with Crippen molar-refractivity contribution in [1.82, 2.24) is 4.90 Å². The summed E-state index contributed by atoms with van der Waals surface area (Å²) >= 11 is 6.09. The molecule has 128 valence electrons. The predicted octanol–water partition coefficient (Wildman–Crippen LogP) is 4.53. The van der Waals surface area contributed by atoms with Crippen LogP contribution in [0.25, 0.3) is 0 Å². The van der Waals surface area contributed by atoms with Gasteiger partial charge in [0.25, 0.3) is 0 Å². The van der Waals surface area contributed by atoms with Crippen molar-refractivity contribution in [2.75, 3.05) is 7.05 Å². The molecule has 0 bridgehead atoms. The number of aryl methyl sites for hydroxylation is 1.